The zero-order chi connectivity index (χ0) is 21.2. The topological polar surface area (TPSA) is 61.5 Å². The van der Waals surface area contributed by atoms with Crippen molar-refractivity contribution in [2.45, 2.75) is 13.1 Å². The summed E-state index contributed by atoms with van der Waals surface area (Å²) in [7, 11) is 1.69. The number of anilines is 1. The Hall–Kier alpha value is -3.80. The van der Waals surface area contributed by atoms with Gasteiger partial charge in [0.1, 0.15) is 5.75 Å². The maximum absolute atomic E-state index is 13.6. The Balaban J connectivity index is 1.52. The van der Waals surface area contributed by atoms with E-state index in [-0.39, 0.29) is 5.91 Å². The zero-order valence-electron chi connectivity index (χ0n) is 17.4. The number of hydrogen-bond acceptors (Lipinski definition) is 4. The van der Waals surface area contributed by atoms with Gasteiger partial charge in [0.05, 0.1) is 31.4 Å². The van der Waals surface area contributed by atoms with Gasteiger partial charge in [-0.3, -0.25) is 4.79 Å². The van der Waals surface area contributed by atoms with Crippen LogP contribution < -0.4 is 9.64 Å². The number of aromatic amines is 1. The number of ether oxygens (including phenoxy) is 1. The van der Waals surface area contributed by atoms with Crippen LogP contribution in [0.5, 0.6) is 5.75 Å². The summed E-state index contributed by atoms with van der Waals surface area (Å²) >= 11 is 0. The van der Waals surface area contributed by atoms with Crippen LogP contribution in [-0.4, -0.2) is 41.0 Å². The van der Waals surface area contributed by atoms with Crippen molar-refractivity contribution >= 4 is 22.4 Å². The molecule has 1 aromatic heterocycles. The Morgan fingerprint density at radius 1 is 1.06 bits per heavy atom. The van der Waals surface area contributed by atoms with E-state index in [0.29, 0.717) is 26.2 Å². The molecule has 31 heavy (non-hydrogen) atoms. The van der Waals surface area contributed by atoms with Crippen LogP contribution in [0.15, 0.2) is 73.2 Å². The molecule has 1 amide bonds. The molecule has 5 rings (SSSR count). The molecule has 6 nitrogen and oxygen atoms in total. The summed E-state index contributed by atoms with van der Waals surface area (Å²) in [5, 5.41) is 2.06. The van der Waals surface area contributed by atoms with Gasteiger partial charge in [0.2, 0.25) is 0 Å². The highest BCUT2D eigenvalue weighted by atomic mass is 16.5. The molecule has 1 aliphatic rings. The Morgan fingerprint density at radius 2 is 1.90 bits per heavy atom. The minimum atomic E-state index is 0.0500. The highest BCUT2D eigenvalue weighted by Crippen LogP contribution is 2.36. The van der Waals surface area contributed by atoms with Gasteiger partial charge in [-0.25, -0.2) is 4.98 Å². The fourth-order valence-electron chi connectivity index (χ4n) is 4.35. The Labute approximate surface area is 181 Å². The van der Waals surface area contributed by atoms with Crippen LogP contribution in [0.2, 0.25) is 0 Å². The lowest BCUT2D eigenvalue weighted by Crippen LogP contribution is -2.35. The third-order valence-corrected chi connectivity index (χ3v) is 5.84. The van der Waals surface area contributed by atoms with E-state index >= 15 is 0 Å². The van der Waals surface area contributed by atoms with E-state index < -0.39 is 0 Å². The molecule has 4 aromatic rings. The molecule has 0 saturated heterocycles. The number of nitrogens with one attached hydrogen (secondary N) is 1. The third kappa shape index (κ3) is 3.61. The second kappa shape index (κ2) is 8.14. The normalized spacial score (nSPS) is 13.7. The Kier molecular flexibility index (Phi) is 5.04. The van der Waals surface area contributed by atoms with Crippen LogP contribution >= 0.6 is 0 Å². The summed E-state index contributed by atoms with van der Waals surface area (Å²) in [6.45, 7) is 2.52. The smallest absolute Gasteiger partial charge is 0.254 e. The van der Waals surface area contributed by atoms with E-state index in [4.69, 9.17) is 4.74 Å². The predicted octanol–water partition coefficient (Wildman–Crippen LogP) is 4.23. The van der Waals surface area contributed by atoms with Gasteiger partial charge in [0, 0.05) is 31.4 Å². The minimum absolute atomic E-state index is 0.0500. The molecule has 0 bridgehead atoms. The lowest BCUT2D eigenvalue weighted by atomic mass is 10.0. The molecule has 0 aliphatic carbocycles. The van der Waals surface area contributed by atoms with Gasteiger partial charge in [-0.05, 0) is 28.5 Å². The van der Waals surface area contributed by atoms with E-state index in [1.807, 2.05) is 65.7 Å². The third-order valence-electron chi connectivity index (χ3n) is 5.84. The number of nitrogens with zero attached hydrogens (tertiary/aromatic N) is 3. The maximum atomic E-state index is 13.6. The molecule has 0 unspecified atom stereocenters. The van der Waals surface area contributed by atoms with Crippen molar-refractivity contribution < 1.29 is 9.53 Å². The van der Waals surface area contributed by atoms with Gasteiger partial charge >= 0.3 is 0 Å². The van der Waals surface area contributed by atoms with E-state index in [1.54, 1.807) is 13.4 Å². The molecule has 0 fully saturated rings. The Bertz CT molecular complexity index is 1210. The van der Waals surface area contributed by atoms with E-state index in [2.05, 4.69) is 20.9 Å². The lowest BCUT2D eigenvalue weighted by Gasteiger charge is -2.26. The average molecular weight is 412 g/mol. The number of carbonyl (C=O) groups excluding carboxylic acids is 1. The molecule has 0 atom stereocenters. The number of fused-ring (bicyclic) bond motifs is 2. The molecule has 0 spiro atoms. The predicted molar refractivity (Wildman–Crippen MR) is 121 cm³/mol. The molecule has 2 heterocycles. The van der Waals surface area contributed by atoms with E-state index in [0.717, 1.165) is 39.0 Å². The number of aromatic nitrogens is 2. The van der Waals surface area contributed by atoms with E-state index in [1.165, 1.54) is 0 Å². The van der Waals surface area contributed by atoms with Crippen LogP contribution in [0, 0.1) is 0 Å². The zero-order valence-corrected chi connectivity index (χ0v) is 17.4. The highest BCUT2D eigenvalue weighted by molar-refractivity contribution is 6.07. The quantitative estimate of drug-likeness (QED) is 0.545. The number of benzene rings is 3. The van der Waals surface area contributed by atoms with Gasteiger partial charge in [0.15, 0.2) is 0 Å². The van der Waals surface area contributed by atoms with Crippen molar-refractivity contribution in [1.29, 1.82) is 0 Å². The summed E-state index contributed by atoms with van der Waals surface area (Å²) in [5.41, 5.74) is 3.87. The van der Waals surface area contributed by atoms with E-state index in [9.17, 15) is 4.79 Å². The van der Waals surface area contributed by atoms with Crippen LogP contribution in [0.25, 0.3) is 10.8 Å². The fourth-order valence-corrected chi connectivity index (χ4v) is 4.35. The largest absolute Gasteiger partial charge is 0.495 e. The molecule has 0 radical (unpaired) electrons. The monoisotopic (exact) mass is 412 g/mol. The number of hydrogen-bond donors (Lipinski definition) is 1. The van der Waals surface area contributed by atoms with Crippen LogP contribution in [0.1, 0.15) is 21.6 Å². The second-order valence-electron chi connectivity index (χ2n) is 7.72. The molecular weight excluding hydrogens is 388 g/mol. The van der Waals surface area contributed by atoms with Crippen molar-refractivity contribution in [1.82, 2.24) is 14.9 Å². The van der Waals surface area contributed by atoms with Crippen molar-refractivity contribution in [3.63, 3.8) is 0 Å². The number of para-hydroxylation sites is 1. The molecule has 1 aliphatic heterocycles. The number of H-pyrrole nitrogens is 1. The number of rotatable bonds is 4. The lowest BCUT2D eigenvalue weighted by molar-refractivity contribution is 0.0753. The first-order chi connectivity index (χ1) is 15.2. The number of amides is 1. The molecule has 1 N–H and O–H groups in total. The standard InChI is InChI=1S/C25H24N4O2/c1-31-23-11-5-8-19-15-29(13-12-28(24(19)23)16-20-14-26-17-27-20)25(30)22-10-4-7-18-6-2-3-9-21(18)22/h2-11,14,17H,12-13,15-16H2,1H3,(H,26,27). The second-order valence-corrected chi connectivity index (χ2v) is 7.72. The van der Waals surface area contributed by atoms with Crippen LogP contribution in [0.3, 0.4) is 0 Å². The van der Waals surface area contributed by atoms with Gasteiger partial charge in [-0.15, -0.1) is 0 Å². The molecule has 0 saturated carbocycles. The van der Waals surface area contributed by atoms with Crippen molar-refractivity contribution in [3.05, 3.63) is 90.0 Å². The maximum Gasteiger partial charge on any atom is 0.254 e. The van der Waals surface area contributed by atoms with Crippen LogP contribution in [0.4, 0.5) is 5.69 Å². The SMILES string of the molecule is COc1cccc2c1N(Cc1cnc[nH]1)CCN(C(=O)c1cccc3ccccc13)C2. The summed E-state index contributed by atoms with van der Waals surface area (Å²) in [6.07, 6.45) is 3.52. The highest BCUT2D eigenvalue weighted by Gasteiger charge is 2.27. The number of imidazole rings is 1. The summed E-state index contributed by atoms with van der Waals surface area (Å²) in [4.78, 5) is 25.1. The first kappa shape index (κ1) is 19.2. The number of methoxy groups -OCH3 is 1. The summed E-state index contributed by atoms with van der Waals surface area (Å²) in [6, 6.07) is 20.0. The van der Waals surface area contributed by atoms with Crippen LogP contribution in [-0.2, 0) is 13.1 Å². The number of carbonyl (C=O) groups is 1. The van der Waals surface area contributed by atoms with Gasteiger partial charge in [0.25, 0.3) is 5.91 Å². The molecule has 6 heteroatoms. The first-order valence-corrected chi connectivity index (χ1v) is 10.4. The van der Waals surface area contributed by atoms with Gasteiger partial charge in [-0.1, -0.05) is 48.5 Å². The molecular formula is C25H24N4O2. The first-order valence-electron chi connectivity index (χ1n) is 10.4. The van der Waals surface area contributed by atoms with Gasteiger partial charge < -0.3 is 19.5 Å². The van der Waals surface area contributed by atoms with Crippen molar-refractivity contribution in [2.24, 2.45) is 0 Å². The summed E-state index contributed by atoms with van der Waals surface area (Å²) < 4.78 is 5.68. The van der Waals surface area contributed by atoms with Crippen molar-refractivity contribution in [3.8, 4) is 5.75 Å². The molecule has 3 aromatic carbocycles. The molecule has 156 valence electrons. The fraction of sp³-hybridized carbons (Fsp3) is 0.200. The minimum Gasteiger partial charge on any atom is -0.495 e. The van der Waals surface area contributed by atoms with Crippen molar-refractivity contribution in [2.75, 3.05) is 25.1 Å². The van der Waals surface area contributed by atoms with Gasteiger partial charge in [-0.2, -0.15) is 0 Å². The summed E-state index contributed by atoms with van der Waals surface area (Å²) in [5.74, 6) is 0.866. The average Bonchev–Trinajstić information content (AvgIpc) is 3.25. The Morgan fingerprint density at radius 3 is 2.74 bits per heavy atom.